The van der Waals surface area contributed by atoms with Crippen molar-refractivity contribution in [2.24, 2.45) is 0 Å². The number of sulfonamides is 1. The molecule has 0 bridgehead atoms. The van der Waals surface area contributed by atoms with E-state index < -0.39 is 22.0 Å². The molecule has 1 N–H and O–H groups in total. The molecule has 2 aromatic rings. The smallest absolute Gasteiger partial charge is 0.243 e. The monoisotopic (exact) mass is 444 g/mol. The largest absolute Gasteiger partial charge is 0.492 e. The van der Waals surface area contributed by atoms with Gasteiger partial charge in [0, 0.05) is 0 Å². The van der Waals surface area contributed by atoms with E-state index in [0.717, 1.165) is 16.1 Å². The Hall–Kier alpha value is -1.96. The summed E-state index contributed by atoms with van der Waals surface area (Å²) >= 11 is 11.9. The molecule has 0 saturated carbocycles. The normalized spacial score (nSPS) is 12.3. The van der Waals surface area contributed by atoms with E-state index in [-0.39, 0.29) is 23.9 Å². The van der Waals surface area contributed by atoms with Gasteiger partial charge in [-0.3, -0.25) is 9.10 Å². The van der Waals surface area contributed by atoms with E-state index in [1.165, 1.54) is 25.1 Å². The van der Waals surface area contributed by atoms with Crippen molar-refractivity contribution in [2.45, 2.75) is 19.9 Å². The SMILES string of the molecule is Cc1ccc(OCCNC(=O)[C@@H](C)N(c2ccc(Cl)c(Cl)c2)S(C)(=O)=O)cc1. The number of halogens is 2. The predicted molar refractivity (Wildman–Crippen MR) is 113 cm³/mol. The molecule has 0 radical (unpaired) electrons. The number of nitrogens with zero attached hydrogens (tertiary/aromatic N) is 1. The van der Waals surface area contributed by atoms with Gasteiger partial charge in [-0.1, -0.05) is 40.9 Å². The molecule has 0 aromatic heterocycles. The van der Waals surface area contributed by atoms with Crippen LogP contribution < -0.4 is 14.4 Å². The molecule has 1 atom stereocenters. The fraction of sp³-hybridized carbons (Fsp3) is 0.316. The number of amides is 1. The molecule has 152 valence electrons. The molecule has 0 heterocycles. The molecule has 0 aliphatic rings. The summed E-state index contributed by atoms with van der Waals surface area (Å²) in [5.74, 6) is 0.241. The number of nitrogens with one attached hydrogen (secondary N) is 1. The van der Waals surface area contributed by atoms with Crippen LogP contribution in [0, 0.1) is 6.92 Å². The lowest BCUT2D eigenvalue weighted by Gasteiger charge is -2.28. The number of ether oxygens (including phenoxy) is 1. The molecule has 1 amide bonds. The highest BCUT2D eigenvalue weighted by atomic mass is 35.5. The molecule has 2 rings (SSSR count). The minimum Gasteiger partial charge on any atom is -0.492 e. The third-order valence-corrected chi connectivity index (χ3v) is 5.92. The second-order valence-electron chi connectivity index (χ2n) is 6.29. The van der Waals surface area contributed by atoms with E-state index in [1.54, 1.807) is 0 Å². The molecule has 0 aliphatic carbocycles. The van der Waals surface area contributed by atoms with Gasteiger partial charge in [0.15, 0.2) is 0 Å². The minimum absolute atomic E-state index is 0.201. The molecular formula is C19H22Cl2N2O4S. The Kier molecular flexibility index (Phi) is 7.57. The number of anilines is 1. The number of aryl methyl sites for hydroxylation is 1. The molecule has 28 heavy (non-hydrogen) atoms. The molecule has 0 unspecified atom stereocenters. The highest BCUT2D eigenvalue weighted by molar-refractivity contribution is 7.92. The second-order valence-corrected chi connectivity index (χ2v) is 8.96. The van der Waals surface area contributed by atoms with Crippen molar-refractivity contribution in [2.75, 3.05) is 23.7 Å². The zero-order valence-electron chi connectivity index (χ0n) is 15.8. The van der Waals surface area contributed by atoms with Gasteiger partial charge >= 0.3 is 0 Å². The number of hydrogen-bond donors (Lipinski definition) is 1. The van der Waals surface area contributed by atoms with Crippen molar-refractivity contribution in [3.63, 3.8) is 0 Å². The van der Waals surface area contributed by atoms with Crippen molar-refractivity contribution < 1.29 is 17.9 Å². The van der Waals surface area contributed by atoms with Crippen LogP contribution in [0.15, 0.2) is 42.5 Å². The zero-order chi connectivity index (χ0) is 20.9. The summed E-state index contributed by atoms with van der Waals surface area (Å²) in [6, 6.07) is 11.0. The summed E-state index contributed by atoms with van der Waals surface area (Å²) in [4.78, 5) is 12.5. The van der Waals surface area contributed by atoms with Gasteiger partial charge in [0.2, 0.25) is 15.9 Å². The molecule has 0 fully saturated rings. The molecule has 9 heteroatoms. The molecule has 2 aromatic carbocycles. The predicted octanol–water partition coefficient (Wildman–Crippen LogP) is 3.65. The van der Waals surface area contributed by atoms with Crippen LogP contribution >= 0.6 is 23.2 Å². The maximum Gasteiger partial charge on any atom is 0.243 e. The first kappa shape index (κ1) is 22.3. The van der Waals surface area contributed by atoms with Crippen LogP contribution in [0.2, 0.25) is 10.0 Å². The van der Waals surface area contributed by atoms with E-state index in [0.29, 0.717) is 10.8 Å². The Labute approximate surface area is 175 Å². The lowest BCUT2D eigenvalue weighted by Crippen LogP contribution is -2.48. The van der Waals surface area contributed by atoms with Crippen molar-refractivity contribution in [1.82, 2.24) is 5.32 Å². The van der Waals surface area contributed by atoms with E-state index in [2.05, 4.69) is 5.32 Å². The van der Waals surface area contributed by atoms with Crippen molar-refractivity contribution in [3.05, 3.63) is 58.1 Å². The first-order chi connectivity index (χ1) is 13.1. The quantitative estimate of drug-likeness (QED) is 0.630. The van der Waals surface area contributed by atoms with Crippen LogP contribution in [0.5, 0.6) is 5.75 Å². The number of carbonyl (C=O) groups excluding carboxylic acids is 1. The third kappa shape index (κ3) is 6.02. The van der Waals surface area contributed by atoms with E-state index in [9.17, 15) is 13.2 Å². The van der Waals surface area contributed by atoms with Gasteiger partial charge < -0.3 is 10.1 Å². The molecular weight excluding hydrogens is 423 g/mol. The van der Waals surface area contributed by atoms with Gasteiger partial charge in [-0.15, -0.1) is 0 Å². The topological polar surface area (TPSA) is 75.7 Å². The average molecular weight is 445 g/mol. The highest BCUT2D eigenvalue weighted by Gasteiger charge is 2.29. The van der Waals surface area contributed by atoms with Gasteiger partial charge in [-0.25, -0.2) is 8.42 Å². The third-order valence-electron chi connectivity index (χ3n) is 3.94. The summed E-state index contributed by atoms with van der Waals surface area (Å²) in [5.41, 5.74) is 1.38. The van der Waals surface area contributed by atoms with E-state index >= 15 is 0 Å². The summed E-state index contributed by atoms with van der Waals surface area (Å²) in [7, 11) is -3.73. The number of rotatable bonds is 8. The molecule has 0 aliphatic heterocycles. The van der Waals surface area contributed by atoms with Crippen LogP contribution in [0.25, 0.3) is 0 Å². The molecule has 6 nitrogen and oxygen atoms in total. The minimum atomic E-state index is -3.73. The Bertz CT molecular complexity index is 933. The average Bonchev–Trinajstić information content (AvgIpc) is 2.62. The van der Waals surface area contributed by atoms with Crippen LogP contribution in [0.4, 0.5) is 5.69 Å². The standard InChI is InChI=1S/C19H22Cl2N2O4S/c1-13-4-7-16(8-5-13)27-11-10-22-19(24)14(2)23(28(3,25)26)15-6-9-17(20)18(21)12-15/h4-9,12,14H,10-11H2,1-3H3,(H,22,24)/t14-/m1/s1. The number of hydrogen-bond acceptors (Lipinski definition) is 4. The first-order valence-corrected chi connectivity index (χ1v) is 11.1. The number of carbonyl (C=O) groups is 1. The highest BCUT2D eigenvalue weighted by Crippen LogP contribution is 2.29. The van der Waals surface area contributed by atoms with Crippen molar-refractivity contribution >= 4 is 44.8 Å². The van der Waals surface area contributed by atoms with Gasteiger partial charge in [0.05, 0.1) is 28.5 Å². The Morgan fingerprint density at radius 2 is 1.79 bits per heavy atom. The Morgan fingerprint density at radius 3 is 2.36 bits per heavy atom. The first-order valence-electron chi connectivity index (χ1n) is 8.51. The lowest BCUT2D eigenvalue weighted by atomic mass is 10.2. The number of benzene rings is 2. The van der Waals surface area contributed by atoms with E-state index in [4.69, 9.17) is 27.9 Å². The van der Waals surface area contributed by atoms with Crippen LogP contribution in [-0.2, 0) is 14.8 Å². The lowest BCUT2D eigenvalue weighted by molar-refractivity contribution is -0.121. The van der Waals surface area contributed by atoms with Gasteiger partial charge in [0.25, 0.3) is 0 Å². The Morgan fingerprint density at radius 1 is 1.14 bits per heavy atom. The fourth-order valence-electron chi connectivity index (χ4n) is 2.56. The van der Waals surface area contributed by atoms with Crippen LogP contribution in [0.3, 0.4) is 0 Å². The van der Waals surface area contributed by atoms with Crippen LogP contribution in [-0.4, -0.2) is 39.8 Å². The summed E-state index contributed by atoms with van der Waals surface area (Å²) in [6.07, 6.45) is 1.03. The molecule has 0 spiro atoms. The zero-order valence-corrected chi connectivity index (χ0v) is 18.1. The van der Waals surface area contributed by atoms with Crippen molar-refractivity contribution in [3.8, 4) is 5.75 Å². The maximum absolute atomic E-state index is 12.5. The van der Waals surface area contributed by atoms with Gasteiger partial charge in [-0.05, 0) is 44.2 Å². The summed E-state index contributed by atoms with van der Waals surface area (Å²) in [6.45, 7) is 3.97. The second kappa shape index (κ2) is 9.49. The van der Waals surface area contributed by atoms with Gasteiger partial charge in [0.1, 0.15) is 18.4 Å². The Balaban J connectivity index is 2.01. The fourth-order valence-corrected chi connectivity index (χ4v) is 4.02. The van der Waals surface area contributed by atoms with Gasteiger partial charge in [-0.2, -0.15) is 0 Å². The summed E-state index contributed by atoms with van der Waals surface area (Å²) in [5, 5.41) is 3.18. The van der Waals surface area contributed by atoms with Crippen molar-refractivity contribution in [1.29, 1.82) is 0 Å². The summed E-state index contributed by atoms with van der Waals surface area (Å²) < 4.78 is 31.1. The van der Waals surface area contributed by atoms with E-state index in [1.807, 2.05) is 31.2 Å². The van der Waals surface area contributed by atoms with Crippen LogP contribution in [0.1, 0.15) is 12.5 Å². The maximum atomic E-state index is 12.5. The molecule has 0 saturated heterocycles.